The summed E-state index contributed by atoms with van der Waals surface area (Å²) in [5, 5.41) is 14.0. The van der Waals surface area contributed by atoms with Gasteiger partial charge in [-0.2, -0.15) is 0 Å². The third-order valence-electron chi connectivity index (χ3n) is 3.61. The summed E-state index contributed by atoms with van der Waals surface area (Å²) in [6.07, 6.45) is 5.48. The van der Waals surface area contributed by atoms with Gasteiger partial charge in [-0.15, -0.1) is 0 Å². The van der Waals surface area contributed by atoms with E-state index >= 15 is 0 Å². The second-order valence-corrected chi connectivity index (χ2v) is 5.66. The first-order valence-corrected chi connectivity index (χ1v) is 6.56. The Morgan fingerprint density at radius 1 is 1.38 bits per heavy atom. The molecule has 2 saturated carbocycles. The predicted octanol–water partition coefficient (Wildman–Crippen LogP) is 2.80. The molecule has 0 saturated heterocycles. The van der Waals surface area contributed by atoms with Crippen molar-refractivity contribution in [3.8, 4) is 0 Å². The number of hydrogen-bond donors (Lipinski definition) is 1. The van der Waals surface area contributed by atoms with Crippen LogP contribution in [0, 0.1) is 11.8 Å². The van der Waals surface area contributed by atoms with Gasteiger partial charge in [-0.1, -0.05) is 23.0 Å². The molecule has 0 aromatic carbocycles. The van der Waals surface area contributed by atoms with E-state index in [-0.39, 0.29) is 0 Å². The van der Waals surface area contributed by atoms with Crippen molar-refractivity contribution < 1.29 is 5.21 Å². The molecule has 0 aliphatic heterocycles. The number of hydrogen-bond acceptors (Lipinski definition) is 4. The summed E-state index contributed by atoms with van der Waals surface area (Å²) in [5.74, 6) is 1.21. The molecule has 1 N–H and O–H groups in total. The van der Waals surface area contributed by atoms with E-state index in [1.54, 1.807) is 11.8 Å². The second-order valence-electron chi connectivity index (χ2n) is 4.50. The fourth-order valence-electron chi connectivity index (χ4n) is 2.88. The fraction of sp³-hybridized carbons (Fsp3) is 0.500. The molecule has 1 heterocycles. The van der Waals surface area contributed by atoms with Gasteiger partial charge in [0.2, 0.25) is 0 Å². The van der Waals surface area contributed by atoms with Crippen molar-refractivity contribution >= 4 is 17.5 Å². The van der Waals surface area contributed by atoms with E-state index < -0.39 is 0 Å². The number of aromatic nitrogens is 1. The molecule has 0 amide bonds. The molecule has 4 heteroatoms. The number of fused-ring (bicyclic) bond motifs is 2. The largest absolute Gasteiger partial charge is 0.411 e. The van der Waals surface area contributed by atoms with Crippen molar-refractivity contribution in [2.75, 3.05) is 0 Å². The van der Waals surface area contributed by atoms with Gasteiger partial charge >= 0.3 is 0 Å². The lowest BCUT2D eigenvalue weighted by Gasteiger charge is -2.21. The Balaban J connectivity index is 1.80. The van der Waals surface area contributed by atoms with Crippen molar-refractivity contribution in [1.82, 2.24) is 4.98 Å². The van der Waals surface area contributed by atoms with E-state index in [4.69, 9.17) is 5.21 Å². The molecule has 1 aromatic heterocycles. The molecule has 1 aromatic rings. The number of oxime groups is 1. The third-order valence-corrected chi connectivity index (χ3v) is 4.98. The summed E-state index contributed by atoms with van der Waals surface area (Å²) in [4.78, 5) is 4.32. The molecule has 3 rings (SSSR count). The summed E-state index contributed by atoms with van der Waals surface area (Å²) < 4.78 is 0. The zero-order valence-electron chi connectivity index (χ0n) is 8.91. The average Bonchev–Trinajstić information content (AvgIpc) is 2.91. The van der Waals surface area contributed by atoms with E-state index in [9.17, 15) is 0 Å². The van der Waals surface area contributed by atoms with Crippen LogP contribution in [0.2, 0.25) is 0 Å². The van der Waals surface area contributed by atoms with Crippen LogP contribution in [0.1, 0.15) is 19.3 Å². The lowest BCUT2D eigenvalue weighted by Crippen LogP contribution is -2.24. The molecular weight excluding hydrogens is 220 g/mol. The quantitative estimate of drug-likeness (QED) is 0.632. The standard InChI is InChI=1S/C12H14N2OS/c15-14-11-8-4-5-9(7-8)12(11)16-10-3-1-2-6-13-10/h1-3,6,8-9,12,15H,4-5,7H2. The Morgan fingerprint density at radius 2 is 2.31 bits per heavy atom. The van der Waals surface area contributed by atoms with Crippen molar-refractivity contribution in [2.45, 2.75) is 29.5 Å². The highest BCUT2D eigenvalue weighted by Crippen LogP contribution is 2.49. The van der Waals surface area contributed by atoms with E-state index in [1.807, 2.05) is 24.4 Å². The van der Waals surface area contributed by atoms with Gasteiger partial charge in [0, 0.05) is 12.1 Å². The number of nitrogens with zero attached hydrogens (tertiary/aromatic N) is 2. The van der Waals surface area contributed by atoms with Gasteiger partial charge in [0.25, 0.3) is 0 Å². The molecule has 84 valence electrons. The van der Waals surface area contributed by atoms with Crippen LogP contribution in [-0.2, 0) is 0 Å². The molecule has 3 atom stereocenters. The highest BCUT2D eigenvalue weighted by Gasteiger charge is 2.46. The Bertz CT molecular complexity index is 407. The van der Waals surface area contributed by atoms with Crippen LogP contribution in [0.4, 0.5) is 0 Å². The van der Waals surface area contributed by atoms with Gasteiger partial charge in [0.1, 0.15) is 0 Å². The lowest BCUT2D eigenvalue weighted by molar-refractivity contribution is 0.314. The number of pyridine rings is 1. The summed E-state index contributed by atoms with van der Waals surface area (Å²) in [5.41, 5.74) is 0.993. The van der Waals surface area contributed by atoms with Gasteiger partial charge in [-0.25, -0.2) is 4.98 Å². The van der Waals surface area contributed by atoms with Crippen molar-refractivity contribution in [3.63, 3.8) is 0 Å². The molecular formula is C12H14N2OS. The van der Waals surface area contributed by atoms with Crippen LogP contribution in [0.3, 0.4) is 0 Å². The average molecular weight is 234 g/mol. The van der Waals surface area contributed by atoms with Gasteiger partial charge in [0.15, 0.2) is 0 Å². The van der Waals surface area contributed by atoms with Crippen molar-refractivity contribution in [3.05, 3.63) is 24.4 Å². The van der Waals surface area contributed by atoms with E-state index in [0.29, 0.717) is 17.1 Å². The first-order valence-electron chi connectivity index (χ1n) is 5.68. The molecule has 2 aliphatic carbocycles. The summed E-state index contributed by atoms with van der Waals surface area (Å²) in [6.45, 7) is 0. The lowest BCUT2D eigenvalue weighted by atomic mass is 9.98. The molecule has 3 unspecified atom stereocenters. The van der Waals surface area contributed by atoms with Gasteiger partial charge in [-0.05, 0) is 37.3 Å². The summed E-state index contributed by atoms with van der Waals surface area (Å²) in [6, 6.07) is 5.94. The highest BCUT2D eigenvalue weighted by molar-refractivity contribution is 8.00. The number of rotatable bonds is 2. The van der Waals surface area contributed by atoms with Crippen LogP contribution in [-0.4, -0.2) is 21.2 Å². The second kappa shape index (κ2) is 4.09. The van der Waals surface area contributed by atoms with Crippen molar-refractivity contribution in [1.29, 1.82) is 0 Å². The minimum atomic E-state index is 0.346. The van der Waals surface area contributed by atoms with Gasteiger partial charge in [0.05, 0.1) is 16.0 Å². The minimum Gasteiger partial charge on any atom is -0.411 e. The minimum absolute atomic E-state index is 0.346. The Morgan fingerprint density at radius 3 is 3.06 bits per heavy atom. The first-order chi connectivity index (χ1) is 7.88. The maximum absolute atomic E-state index is 9.09. The first kappa shape index (κ1) is 10.1. The smallest absolute Gasteiger partial charge is 0.0966 e. The maximum Gasteiger partial charge on any atom is 0.0966 e. The zero-order chi connectivity index (χ0) is 11.0. The molecule has 2 aliphatic rings. The van der Waals surface area contributed by atoms with Crippen molar-refractivity contribution in [2.24, 2.45) is 17.0 Å². The van der Waals surface area contributed by atoms with Crippen LogP contribution >= 0.6 is 11.8 Å². The van der Waals surface area contributed by atoms with Gasteiger partial charge in [-0.3, -0.25) is 0 Å². The van der Waals surface area contributed by atoms with Crippen LogP contribution in [0.5, 0.6) is 0 Å². The normalized spacial score (nSPS) is 34.8. The molecule has 3 nitrogen and oxygen atoms in total. The zero-order valence-corrected chi connectivity index (χ0v) is 9.73. The van der Waals surface area contributed by atoms with Gasteiger partial charge < -0.3 is 5.21 Å². The highest BCUT2D eigenvalue weighted by atomic mass is 32.2. The van der Waals surface area contributed by atoms with E-state index in [2.05, 4.69) is 10.1 Å². The van der Waals surface area contributed by atoms with Crippen LogP contribution < -0.4 is 0 Å². The Labute approximate surface area is 99.0 Å². The Kier molecular flexibility index (Phi) is 2.59. The third kappa shape index (κ3) is 1.61. The molecule has 0 radical (unpaired) electrons. The molecule has 0 spiro atoms. The SMILES string of the molecule is ON=C1C2CCC(C2)C1Sc1ccccn1. The Hall–Kier alpha value is -1.03. The monoisotopic (exact) mass is 234 g/mol. The van der Waals surface area contributed by atoms with Crippen LogP contribution in [0.15, 0.2) is 34.6 Å². The summed E-state index contributed by atoms with van der Waals surface area (Å²) >= 11 is 1.75. The topological polar surface area (TPSA) is 45.5 Å². The predicted molar refractivity (Wildman–Crippen MR) is 63.9 cm³/mol. The molecule has 2 fully saturated rings. The molecule has 2 bridgehead atoms. The molecule has 16 heavy (non-hydrogen) atoms. The van der Waals surface area contributed by atoms with E-state index in [0.717, 1.165) is 10.7 Å². The van der Waals surface area contributed by atoms with E-state index in [1.165, 1.54) is 19.3 Å². The fourth-order valence-corrected chi connectivity index (χ4v) is 4.21. The van der Waals surface area contributed by atoms with Crippen LogP contribution in [0.25, 0.3) is 0 Å². The maximum atomic E-state index is 9.09. The summed E-state index contributed by atoms with van der Waals surface area (Å²) in [7, 11) is 0. The number of thioether (sulfide) groups is 1.